The number of aromatic nitrogens is 1. The Kier molecular flexibility index (Phi) is 5.34. The zero-order chi connectivity index (χ0) is 21.1. The van der Waals surface area contributed by atoms with Gasteiger partial charge in [-0.2, -0.15) is 0 Å². The molecule has 2 aromatic carbocycles. The van der Waals surface area contributed by atoms with Gasteiger partial charge in [-0.15, -0.1) is 0 Å². The number of para-hydroxylation sites is 1. The number of nitrogens with one attached hydrogen (secondary N) is 2. The van der Waals surface area contributed by atoms with E-state index >= 15 is 0 Å². The summed E-state index contributed by atoms with van der Waals surface area (Å²) in [7, 11) is 0. The van der Waals surface area contributed by atoms with Crippen LogP contribution in [-0.2, 0) is 11.3 Å². The number of hydrogen-bond donors (Lipinski definition) is 2. The van der Waals surface area contributed by atoms with Crippen molar-refractivity contribution in [2.24, 2.45) is 0 Å². The maximum atomic E-state index is 14.1. The number of hydrogen-bond acceptors (Lipinski definition) is 3. The molecule has 2 aromatic heterocycles. The Labute approximate surface area is 172 Å². The molecule has 0 aliphatic carbocycles. The predicted octanol–water partition coefficient (Wildman–Crippen LogP) is 4.96. The Morgan fingerprint density at radius 3 is 2.70 bits per heavy atom. The average molecular weight is 405 g/mol. The van der Waals surface area contributed by atoms with Crippen molar-refractivity contribution in [3.63, 3.8) is 0 Å². The van der Waals surface area contributed by atoms with Gasteiger partial charge in [0, 0.05) is 30.4 Å². The van der Waals surface area contributed by atoms with Gasteiger partial charge in [-0.3, -0.25) is 9.59 Å². The molecule has 4 aromatic rings. The van der Waals surface area contributed by atoms with Gasteiger partial charge in [-0.1, -0.05) is 18.2 Å². The molecule has 0 unspecified atom stereocenters. The molecule has 0 spiro atoms. The molecular weight excluding hydrogens is 385 g/mol. The highest BCUT2D eigenvalue weighted by atomic mass is 19.1. The Bertz CT molecular complexity index is 1230. The van der Waals surface area contributed by atoms with Gasteiger partial charge in [-0.05, 0) is 48.7 Å². The van der Waals surface area contributed by atoms with Crippen LogP contribution in [0, 0.1) is 12.7 Å². The van der Waals surface area contributed by atoms with Crippen LogP contribution >= 0.6 is 0 Å². The molecule has 152 valence electrons. The van der Waals surface area contributed by atoms with Crippen molar-refractivity contribution < 1.29 is 18.4 Å². The molecule has 30 heavy (non-hydrogen) atoms. The van der Waals surface area contributed by atoms with Crippen LogP contribution in [0.1, 0.15) is 22.5 Å². The molecule has 6 nitrogen and oxygen atoms in total. The number of furan rings is 1. The van der Waals surface area contributed by atoms with Gasteiger partial charge in [0.15, 0.2) is 0 Å². The highest BCUT2D eigenvalue weighted by molar-refractivity contribution is 6.05. The summed E-state index contributed by atoms with van der Waals surface area (Å²) in [5, 5.41) is 6.38. The minimum atomic E-state index is -0.596. The summed E-state index contributed by atoms with van der Waals surface area (Å²) in [6.07, 6.45) is 3.60. The number of aryl methyl sites for hydroxylation is 2. The lowest BCUT2D eigenvalue weighted by molar-refractivity contribution is -0.116. The number of benzene rings is 2. The van der Waals surface area contributed by atoms with E-state index in [1.807, 2.05) is 41.1 Å². The largest absolute Gasteiger partial charge is 0.469 e. The molecule has 0 radical (unpaired) electrons. The van der Waals surface area contributed by atoms with Gasteiger partial charge in [-0.25, -0.2) is 4.39 Å². The maximum Gasteiger partial charge on any atom is 0.259 e. The van der Waals surface area contributed by atoms with E-state index in [1.165, 1.54) is 30.5 Å². The summed E-state index contributed by atoms with van der Waals surface area (Å²) in [4.78, 5) is 24.7. The third-order valence-corrected chi connectivity index (χ3v) is 4.86. The van der Waals surface area contributed by atoms with Crippen LogP contribution in [0.15, 0.2) is 71.5 Å². The summed E-state index contributed by atoms with van der Waals surface area (Å²) in [6, 6.07) is 15.5. The predicted molar refractivity (Wildman–Crippen MR) is 113 cm³/mol. The van der Waals surface area contributed by atoms with Crippen molar-refractivity contribution in [3.05, 3.63) is 84.2 Å². The Hall–Kier alpha value is -3.87. The lowest BCUT2D eigenvalue weighted by Crippen LogP contribution is -2.16. The summed E-state index contributed by atoms with van der Waals surface area (Å²) < 4.78 is 21.3. The van der Waals surface area contributed by atoms with Crippen molar-refractivity contribution in [1.29, 1.82) is 0 Å². The van der Waals surface area contributed by atoms with Gasteiger partial charge in [0.25, 0.3) is 5.91 Å². The third kappa shape index (κ3) is 4.10. The van der Waals surface area contributed by atoms with Crippen LogP contribution < -0.4 is 10.6 Å². The van der Waals surface area contributed by atoms with Crippen molar-refractivity contribution in [2.75, 3.05) is 10.6 Å². The molecular formula is C23H20FN3O3. The first-order chi connectivity index (χ1) is 14.5. The number of anilines is 2. The fraction of sp³-hybridized carbons (Fsp3) is 0.130. The Morgan fingerprint density at radius 2 is 1.90 bits per heavy atom. The van der Waals surface area contributed by atoms with Crippen LogP contribution in [0.25, 0.3) is 10.9 Å². The van der Waals surface area contributed by atoms with Gasteiger partial charge in [0.1, 0.15) is 11.6 Å². The molecule has 4 rings (SSSR count). The summed E-state index contributed by atoms with van der Waals surface area (Å²) in [6.45, 7) is 2.17. The highest BCUT2D eigenvalue weighted by Gasteiger charge is 2.14. The first-order valence-corrected chi connectivity index (χ1v) is 9.50. The molecule has 0 saturated heterocycles. The topological polar surface area (TPSA) is 76.3 Å². The van der Waals surface area contributed by atoms with E-state index in [1.54, 1.807) is 6.92 Å². The van der Waals surface area contributed by atoms with E-state index in [2.05, 4.69) is 10.6 Å². The zero-order valence-corrected chi connectivity index (χ0v) is 16.3. The van der Waals surface area contributed by atoms with E-state index < -0.39 is 11.7 Å². The van der Waals surface area contributed by atoms with Crippen LogP contribution in [0.3, 0.4) is 0 Å². The van der Waals surface area contributed by atoms with Crippen molar-refractivity contribution >= 4 is 34.1 Å². The lowest BCUT2D eigenvalue weighted by atomic mass is 10.2. The monoisotopic (exact) mass is 405 g/mol. The fourth-order valence-corrected chi connectivity index (χ4v) is 3.29. The van der Waals surface area contributed by atoms with E-state index in [-0.39, 0.29) is 18.0 Å². The Morgan fingerprint density at radius 1 is 1.07 bits per heavy atom. The number of rotatable bonds is 6. The Balaban J connectivity index is 1.40. The molecule has 7 heteroatoms. The minimum absolute atomic E-state index is 0.0187. The number of nitrogens with zero attached hydrogens (tertiary/aromatic N) is 1. The molecule has 2 heterocycles. The van der Waals surface area contributed by atoms with Gasteiger partial charge in [0.2, 0.25) is 5.91 Å². The molecule has 0 aliphatic rings. The first-order valence-electron chi connectivity index (χ1n) is 9.50. The van der Waals surface area contributed by atoms with Crippen molar-refractivity contribution in [2.45, 2.75) is 19.9 Å². The molecule has 0 saturated carbocycles. The third-order valence-electron chi connectivity index (χ3n) is 4.86. The molecule has 0 bridgehead atoms. The maximum absolute atomic E-state index is 14.1. The average Bonchev–Trinajstić information content (AvgIpc) is 3.35. The fourth-order valence-electron chi connectivity index (χ4n) is 3.29. The molecule has 0 atom stereocenters. The highest BCUT2D eigenvalue weighted by Crippen LogP contribution is 2.22. The minimum Gasteiger partial charge on any atom is -0.469 e. The first kappa shape index (κ1) is 19.4. The quantitative estimate of drug-likeness (QED) is 0.476. The summed E-state index contributed by atoms with van der Waals surface area (Å²) >= 11 is 0. The lowest BCUT2D eigenvalue weighted by Gasteiger charge is -2.10. The van der Waals surface area contributed by atoms with E-state index in [0.29, 0.717) is 23.6 Å². The molecule has 2 N–H and O–H groups in total. The van der Waals surface area contributed by atoms with Crippen LogP contribution in [0.4, 0.5) is 15.8 Å². The van der Waals surface area contributed by atoms with E-state index in [9.17, 15) is 14.0 Å². The van der Waals surface area contributed by atoms with Crippen molar-refractivity contribution in [1.82, 2.24) is 4.57 Å². The second-order valence-electron chi connectivity index (χ2n) is 6.91. The summed E-state index contributed by atoms with van der Waals surface area (Å²) in [5.74, 6) is -0.846. The number of fused-ring (bicyclic) bond motifs is 1. The van der Waals surface area contributed by atoms with E-state index in [0.717, 1.165) is 10.9 Å². The van der Waals surface area contributed by atoms with Gasteiger partial charge < -0.3 is 19.6 Å². The summed E-state index contributed by atoms with van der Waals surface area (Å²) in [5.41, 5.74) is 1.77. The molecule has 0 fully saturated rings. The van der Waals surface area contributed by atoms with E-state index in [4.69, 9.17) is 4.42 Å². The van der Waals surface area contributed by atoms with Crippen LogP contribution in [0.2, 0.25) is 0 Å². The van der Waals surface area contributed by atoms with Gasteiger partial charge in [0.05, 0.1) is 17.5 Å². The van der Waals surface area contributed by atoms with Crippen molar-refractivity contribution in [3.8, 4) is 0 Å². The SMILES string of the molecule is Cc1occc1C(=O)Nc1cc(NC(=O)CCn2ccc3ccccc32)ccc1F. The number of carbonyl (C=O) groups excluding carboxylic acids is 2. The number of carbonyl (C=O) groups is 2. The van der Waals surface area contributed by atoms with Gasteiger partial charge >= 0.3 is 0 Å². The smallest absolute Gasteiger partial charge is 0.259 e. The second kappa shape index (κ2) is 8.24. The number of amides is 2. The van der Waals surface area contributed by atoms with Crippen LogP contribution in [-0.4, -0.2) is 16.4 Å². The zero-order valence-electron chi connectivity index (χ0n) is 16.3. The van der Waals surface area contributed by atoms with Crippen LogP contribution in [0.5, 0.6) is 0 Å². The standard InChI is InChI=1S/C23H20FN3O3/c1-15-18(10-13-30-15)23(29)26-20-14-17(6-7-19(20)24)25-22(28)9-12-27-11-8-16-4-2-3-5-21(16)27/h2-8,10-11,13-14H,9,12H2,1H3,(H,25,28)(H,26,29). The molecule has 0 aliphatic heterocycles. The molecule has 2 amide bonds. The number of halogens is 1. The normalized spacial score (nSPS) is 10.9. The second-order valence-corrected chi connectivity index (χ2v) is 6.91.